The third-order valence-corrected chi connectivity index (χ3v) is 2.84. The minimum Gasteiger partial charge on any atom is -0.480 e. The Morgan fingerprint density at radius 3 is 2.75 bits per heavy atom. The van der Waals surface area contributed by atoms with Crippen LogP contribution >= 0.6 is 11.5 Å². The zero-order valence-corrected chi connectivity index (χ0v) is 10.5. The molecule has 16 heavy (non-hydrogen) atoms. The summed E-state index contributed by atoms with van der Waals surface area (Å²) in [6, 6.07) is -0.609. The number of aromatic nitrogens is 2. The molecule has 0 spiro atoms. The summed E-state index contributed by atoms with van der Waals surface area (Å²) < 4.78 is 4.15. The van der Waals surface area contributed by atoms with E-state index in [1.54, 1.807) is 0 Å². The van der Waals surface area contributed by atoms with Crippen molar-refractivity contribution in [3.63, 3.8) is 0 Å². The van der Waals surface area contributed by atoms with Gasteiger partial charge in [0.05, 0.1) is 0 Å². The summed E-state index contributed by atoms with van der Waals surface area (Å²) in [5.41, 5.74) is 0. The van der Waals surface area contributed by atoms with Crippen molar-refractivity contribution in [3.05, 3.63) is 5.82 Å². The van der Waals surface area contributed by atoms with Crippen LogP contribution in [0.15, 0.2) is 0 Å². The lowest BCUT2D eigenvalue weighted by molar-refractivity contribution is -0.138. The first-order valence-electron chi connectivity index (χ1n) is 5.36. The van der Waals surface area contributed by atoms with Crippen LogP contribution in [0.5, 0.6) is 0 Å². The number of anilines is 1. The quantitative estimate of drug-likeness (QED) is 0.799. The van der Waals surface area contributed by atoms with Crippen molar-refractivity contribution in [3.8, 4) is 0 Å². The molecule has 1 heterocycles. The summed E-state index contributed by atoms with van der Waals surface area (Å²) in [5.74, 6) is -0.0684. The molecule has 0 aliphatic heterocycles. The number of carboxylic acids is 1. The van der Waals surface area contributed by atoms with Gasteiger partial charge in [-0.1, -0.05) is 20.8 Å². The molecule has 0 aliphatic rings. The smallest absolute Gasteiger partial charge is 0.326 e. The minimum atomic E-state index is -0.859. The van der Waals surface area contributed by atoms with E-state index in [0.717, 1.165) is 18.7 Å². The van der Waals surface area contributed by atoms with Crippen LogP contribution in [0.1, 0.15) is 33.0 Å². The molecule has 0 amide bonds. The number of nitrogens with zero attached hydrogens (tertiary/aromatic N) is 2. The highest BCUT2D eigenvalue weighted by Crippen LogP contribution is 2.16. The highest BCUT2D eigenvalue weighted by atomic mass is 32.1. The number of carboxylic acid groups (broad SMARTS) is 1. The molecule has 0 aromatic carbocycles. The van der Waals surface area contributed by atoms with E-state index in [0.29, 0.717) is 5.13 Å². The maximum Gasteiger partial charge on any atom is 0.326 e. The predicted octanol–water partition coefficient (Wildman–Crippen LogP) is 2.01. The summed E-state index contributed by atoms with van der Waals surface area (Å²) >= 11 is 1.22. The number of nitrogens with one attached hydrogen (secondary N) is 1. The molecule has 6 heteroatoms. The molecule has 0 unspecified atom stereocenters. The average molecular weight is 243 g/mol. The van der Waals surface area contributed by atoms with Crippen LogP contribution in [0, 0.1) is 5.92 Å². The lowest BCUT2D eigenvalue weighted by atomic mass is 10.1. The first-order chi connectivity index (χ1) is 7.54. The van der Waals surface area contributed by atoms with E-state index in [-0.39, 0.29) is 5.92 Å². The van der Waals surface area contributed by atoms with Crippen molar-refractivity contribution >= 4 is 22.6 Å². The van der Waals surface area contributed by atoms with E-state index in [4.69, 9.17) is 5.11 Å². The van der Waals surface area contributed by atoms with Gasteiger partial charge in [-0.05, 0) is 12.3 Å². The molecule has 0 aliphatic carbocycles. The Balaban J connectivity index is 2.66. The Kier molecular flexibility index (Phi) is 4.67. The van der Waals surface area contributed by atoms with Gasteiger partial charge in [-0.15, -0.1) is 0 Å². The predicted molar refractivity (Wildman–Crippen MR) is 63.8 cm³/mol. The van der Waals surface area contributed by atoms with E-state index < -0.39 is 12.0 Å². The number of aliphatic carboxylic acids is 1. The van der Waals surface area contributed by atoms with Gasteiger partial charge >= 0.3 is 5.97 Å². The second-order valence-corrected chi connectivity index (χ2v) is 4.72. The molecule has 1 rings (SSSR count). The molecule has 1 atom stereocenters. The van der Waals surface area contributed by atoms with Gasteiger partial charge in [0.15, 0.2) is 0 Å². The Morgan fingerprint density at radius 1 is 1.56 bits per heavy atom. The topological polar surface area (TPSA) is 75.1 Å². The normalized spacial score (nSPS) is 12.8. The van der Waals surface area contributed by atoms with Crippen molar-refractivity contribution in [1.29, 1.82) is 0 Å². The van der Waals surface area contributed by atoms with Crippen LogP contribution in [0.3, 0.4) is 0 Å². The number of carbonyl (C=O) groups is 1. The van der Waals surface area contributed by atoms with E-state index >= 15 is 0 Å². The first kappa shape index (κ1) is 12.9. The summed E-state index contributed by atoms with van der Waals surface area (Å²) in [6.45, 7) is 5.78. The largest absolute Gasteiger partial charge is 0.480 e. The third-order valence-electron chi connectivity index (χ3n) is 2.15. The Morgan fingerprint density at radius 2 is 2.25 bits per heavy atom. The molecular weight excluding hydrogens is 226 g/mol. The van der Waals surface area contributed by atoms with Crippen molar-refractivity contribution in [2.45, 2.75) is 39.7 Å². The summed E-state index contributed by atoms with van der Waals surface area (Å²) in [5, 5.41) is 12.5. The highest BCUT2D eigenvalue weighted by molar-refractivity contribution is 7.09. The fourth-order valence-electron chi connectivity index (χ4n) is 1.28. The maximum absolute atomic E-state index is 11.0. The summed E-state index contributed by atoms with van der Waals surface area (Å²) in [7, 11) is 0. The number of hydrogen-bond acceptors (Lipinski definition) is 5. The molecule has 1 aromatic heterocycles. The maximum atomic E-state index is 11.0. The van der Waals surface area contributed by atoms with Crippen LogP contribution in [-0.2, 0) is 11.2 Å². The first-order valence-corrected chi connectivity index (χ1v) is 6.13. The summed E-state index contributed by atoms with van der Waals surface area (Å²) in [4.78, 5) is 15.2. The van der Waals surface area contributed by atoms with Crippen molar-refractivity contribution in [1.82, 2.24) is 9.36 Å². The molecule has 1 aromatic rings. The fourth-order valence-corrected chi connectivity index (χ4v) is 1.93. The monoisotopic (exact) mass is 243 g/mol. The van der Waals surface area contributed by atoms with E-state index in [1.165, 1.54) is 11.5 Å². The standard InChI is InChI=1S/C10H17N3O2S/c1-4-5-7-11-10(16-13-7)12-8(6(2)3)9(14)15/h6,8H,4-5H2,1-3H3,(H,14,15)(H,11,12,13)/t8-/m1/s1. The van der Waals surface area contributed by atoms with Gasteiger partial charge in [-0.2, -0.15) is 4.37 Å². The van der Waals surface area contributed by atoms with Gasteiger partial charge < -0.3 is 10.4 Å². The molecule has 0 radical (unpaired) electrons. The van der Waals surface area contributed by atoms with Gasteiger partial charge in [0.25, 0.3) is 0 Å². The Hall–Kier alpha value is -1.17. The molecule has 5 nitrogen and oxygen atoms in total. The third kappa shape index (κ3) is 3.44. The number of rotatable bonds is 6. The van der Waals surface area contributed by atoms with Gasteiger partial charge in [0.1, 0.15) is 11.9 Å². The highest BCUT2D eigenvalue weighted by Gasteiger charge is 2.22. The van der Waals surface area contributed by atoms with Gasteiger partial charge in [-0.25, -0.2) is 9.78 Å². The lowest BCUT2D eigenvalue weighted by Gasteiger charge is -2.16. The van der Waals surface area contributed by atoms with Crippen molar-refractivity contribution in [2.75, 3.05) is 5.32 Å². The van der Waals surface area contributed by atoms with Crippen LogP contribution in [-0.4, -0.2) is 26.5 Å². The van der Waals surface area contributed by atoms with Gasteiger partial charge in [-0.3, -0.25) is 0 Å². The van der Waals surface area contributed by atoms with Gasteiger partial charge in [0.2, 0.25) is 5.13 Å². The van der Waals surface area contributed by atoms with Crippen molar-refractivity contribution < 1.29 is 9.90 Å². The van der Waals surface area contributed by atoms with Crippen molar-refractivity contribution in [2.24, 2.45) is 5.92 Å². The lowest BCUT2D eigenvalue weighted by Crippen LogP contribution is -2.34. The van der Waals surface area contributed by atoms with Crippen LogP contribution in [0.2, 0.25) is 0 Å². The van der Waals surface area contributed by atoms with E-state index in [2.05, 4.69) is 21.6 Å². The SMILES string of the molecule is CCCc1nsc(N[C@@H](C(=O)O)C(C)C)n1. The van der Waals surface area contributed by atoms with Gasteiger partial charge in [0, 0.05) is 18.0 Å². The number of aryl methyl sites for hydroxylation is 1. The zero-order chi connectivity index (χ0) is 12.1. The minimum absolute atomic E-state index is 0.0102. The molecule has 0 fully saturated rings. The summed E-state index contributed by atoms with van der Waals surface area (Å²) in [6.07, 6.45) is 1.82. The van der Waals surface area contributed by atoms with Crippen LogP contribution < -0.4 is 5.32 Å². The molecular formula is C10H17N3O2S. The molecule has 0 saturated heterocycles. The van der Waals surface area contributed by atoms with Crippen LogP contribution in [0.25, 0.3) is 0 Å². The van der Waals surface area contributed by atoms with E-state index in [9.17, 15) is 4.79 Å². The number of hydrogen-bond donors (Lipinski definition) is 2. The molecule has 90 valence electrons. The molecule has 2 N–H and O–H groups in total. The van der Waals surface area contributed by atoms with Crippen LogP contribution in [0.4, 0.5) is 5.13 Å². The second-order valence-electron chi connectivity index (χ2n) is 3.97. The van der Waals surface area contributed by atoms with E-state index in [1.807, 2.05) is 13.8 Å². The zero-order valence-electron chi connectivity index (χ0n) is 9.73. The molecule has 0 saturated carbocycles. The Bertz CT molecular complexity index is 352. The Labute approximate surface area is 99.1 Å². The fraction of sp³-hybridized carbons (Fsp3) is 0.700. The average Bonchev–Trinajstić information content (AvgIpc) is 2.61. The molecule has 0 bridgehead atoms. The second kappa shape index (κ2) is 5.79.